The molecule has 4 nitrogen and oxygen atoms in total. The van der Waals surface area contributed by atoms with E-state index in [0.717, 1.165) is 5.69 Å². The number of nitrogens with zero attached hydrogens (tertiary/aromatic N) is 1. The van der Waals surface area contributed by atoms with Crippen molar-refractivity contribution in [1.82, 2.24) is 10.3 Å². The fourth-order valence-electron chi connectivity index (χ4n) is 2.06. The van der Waals surface area contributed by atoms with Gasteiger partial charge in [0.2, 0.25) is 0 Å². The molecule has 1 amide bonds. The van der Waals surface area contributed by atoms with Crippen LogP contribution in [0.15, 0.2) is 23.6 Å². The molecular weight excluding hydrogens is 355 g/mol. The molecule has 2 aromatic rings. The van der Waals surface area contributed by atoms with E-state index in [0.29, 0.717) is 28.3 Å². The second-order valence-electron chi connectivity index (χ2n) is 5.50. The molecule has 0 spiro atoms. The van der Waals surface area contributed by atoms with Gasteiger partial charge in [-0.3, -0.25) is 4.79 Å². The van der Waals surface area contributed by atoms with Gasteiger partial charge >= 0.3 is 0 Å². The Bertz CT molecular complexity index is 716. The van der Waals surface area contributed by atoms with Gasteiger partial charge in [0.1, 0.15) is 5.75 Å². The maximum atomic E-state index is 12.1. The number of amides is 1. The number of aromatic nitrogens is 1. The van der Waals surface area contributed by atoms with Crippen LogP contribution in [0.5, 0.6) is 5.75 Å². The van der Waals surface area contributed by atoms with E-state index >= 15 is 0 Å². The van der Waals surface area contributed by atoms with E-state index in [1.54, 1.807) is 36.5 Å². The lowest BCUT2D eigenvalue weighted by molar-refractivity contribution is -0.127. The molecular formula is C16H16Cl2N2O2S. The fraction of sp³-hybridized carbons (Fsp3) is 0.375. The monoisotopic (exact) mass is 370 g/mol. The van der Waals surface area contributed by atoms with Gasteiger partial charge in [0.05, 0.1) is 22.3 Å². The van der Waals surface area contributed by atoms with Crippen LogP contribution in [0.25, 0.3) is 0 Å². The summed E-state index contributed by atoms with van der Waals surface area (Å²) in [5, 5.41) is 6.90. The number of halogens is 2. The number of hydrogen-bond acceptors (Lipinski definition) is 4. The molecule has 1 aliphatic carbocycles. The topological polar surface area (TPSA) is 51.2 Å². The summed E-state index contributed by atoms with van der Waals surface area (Å²) in [7, 11) is 0. The molecule has 1 aromatic heterocycles. The maximum absolute atomic E-state index is 12.1. The number of ether oxygens (including phenoxy) is 1. The van der Waals surface area contributed by atoms with E-state index < -0.39 is 6.10 Å². The molecule has 1 unspecified atom stereocenters. The summed E-state index contributed by atoms with van der Waals surface area (Å²) in [5.74, 6) is 0.860. The van der Waals surface area contributed by atoms with Gasteiger partial charge in [-0.05, 0) is 38.0 Å². The van der Waals surface area contributed by atoms with Crippen LogP contribution in [0.3, 0.4) is 0 Å². The highest BCUT2D eigenvalue weighted by Gasteiger charge is 2.26. The Kier molecular flexibility index (Phi) is 5.09. The Morgan fingerprint density at radius 1 is 1.48 bits per heavy atom. The van der Waals surface area contributed by atoms with Gasteiger partial charge in [-0.15, -0.1) is 11.3 Å². The van der Waals surface area contributed by atoms with E-state index in [-0.39, 0.29) is 5.91 Å². The Morgan fingerprint density at radius 2 is 2.26 bits per heavy atom. The van der Waals surface area contributed by atoms with E-state index in [1.807, 2.05) is 5.38 Å². The molecule has 3 rings (SSSR count). The van der Waals surface area contributed by atoms with Crippen molar-refractivity contribution in [2.75, 3.05) is 0 Å². The third-order valence-electron chi connectivity index (χ3n) is 3.51. The van der Waals surface area contributed by atoms with E-state index in [1.165, 1.54) is 17.8 Å². The number of nitrogens with one attached hydrogen (secondary N) is 1. The van der Waals surface area contributed by atoms with E-state index in [9.17, 15) is 4.79 Å². The highest BCUT2D eigenvalue weighted by molar-refractivity contribution is 7.09. The lowest BCUT2D eigenvalue weighted by Gasteiger charge is -2.15. The zero-order valence-electron chi connectivity index (χ0n) is 12.5. The van der Waals surface area contributed by atoms with Gasteiger partial charge in [-0.2, -0.15) is 0 Å². The first-order valence-corrected chi connectivity index (χ1v) is 9.00. The van der Waals surface area contributed by atoms with Crippen LogP contribution in [0.4, 0.5) is 0 Å². The van der Waals surface area contributed by atoms with Crippen LogP contribution in [-0.4, -0.2) is 17.0 Å². The van der Waals surface area contributed by atoms with Crippen LogP contribution in [0.1, 0.15) is 36.4 Å². The quantitative estimate of drug-likeness (QED) is 0.818. The van der Waals surface area contributed by atoms with Gasteiger partial charge < -0.3 is 10.1 Å². The van der Waals surface area contributed by atoms with Crippen molar-refractivity contribution in [2.45, 2.75) is 38.3 Å². The SMILES string of the molecule is CC(Oc1ccc(Cl)cc1Cl)C(=O)NCc1csc(C2CC2)n1. The molecule has 7 heteroatoms. The first-order valence-electron chi connectivity index (χ1n) is 7.36. The van der Waals surface area contributed by atoms with Crippen LogP contribution in [-0.2, 0) is 11.3 Å². The number of carbonyl (C=O) groups is 1. The lowest BCUT2D eigenvalue weighted by Crippen LogP contribution is -2.36. The third kappa shape index (κ3) is 4.37. The number of thiazole rings is 1. The molecule has 0 bridgehead atoms. The molecule has 1 saturated carbocycles. The minimum absolute atomic E-state index is 0.211. The summed E-state index contributed by atoms with van der Waals surface area (Å²) in [4.78, 5) is 16.7. The predicted molar refractivity (Wildman–Crippen MR) is 92.5 cm³/mol. The molecule has 0 aliphatic heterocycles. The fourth-order valence-corrected chi connectivity index (χ4v) is 3.50. The van der Waals surface area contributed by atoms with Crippen LogP contribution >= 0.6 is 34.5 Å². The van der Waals surface area contributed by atoms with E-state index in [2.05, 4.69) is 10.3 Å². The first-order chi connectivity index (χ1) is 11.0. The predicted octanol–water partition coefficient (Wildman–Crippen LogP) is 4.41. The molecule has 122 valence electrons. The number of rotatable bonds is 6. The second kappa shape index (κ2) is 7.07. The number of hydrogen-bond donors (Lipinski definition) is 1. The number of carbonyl (C=O) groups excluding carboxylic acids is 1. The molecule has 1 N–H and O–H groups in total. The van der Waals surface area contributed by atoms with Crippen LogP contribution in [0.2, 0.25) is 10.0 Å². The minimum atomic E-state index is -0.657. The van der Waals surface area contributed by atoms with Crippen molar-refractivity contribution in [2.24, 2.45) is 0 Å². The Labute approximate surface area is 148 Å². The molecule has 23 heavy (non-hydrogen) atoms. The Morgan fingerprint density at radius 3 is 2.96 bits per heavy atom. The average molecular weight is 371 g/mol. The lowest BCUT2D eigenvalue weighted by atomic mass is 10.3. The largest absolute Gasteiger partial charge is 0.479 e. The zero-order chi connectivity index (χ0) is 16.4. The smallest absolute Gasteiger partial charge is 0.261 e. The summed E-state index contributed by atoms with van der Waals surface area (Å²) < 4.78 is 5.58. The average Bonchev–Trinajstić information content (AvgIpc) is 3.26. The molecule has 1 aliphatic rings. The maximum Gasteiger partial charge on any atom is 0.261 e. The zero-order valence-corrected chi connectivity index (χ0v) is 14.8. The van der Waals surface area contributed by atoms with Crippen molar-refractivity contribution < 1.29 is 9.53 Å². The standard InChI is InChI=1S/C16H16Cl2N2O2S/c1-9(22-14-5-4-11(17)6-13(14)18)15(21)19-7-12-8-23-16(20-12)10-2-3-10/h4-6,8-10H,2-3,7H2,1H3,(H,19,21). The normalized spacial score (nSPS) is 15.3. The van der Waals surface area contributed by atoms with Gasteiger partial charge in [0.15, 0.2) is 6.10 Å². The summed E-state index contributed by atoms with van der Waals surface area (Å²) in [5.41, 5.74) is 0.891. The van der Waals surface area contributed by atoms with Gasteiger partial charge in [-0.1, -0.05) is 23.2 Å². The highest BCUT2D eigenvalue weighted by Crippen LogP contribution is 2.41. The summed E-state index contributed by atoms with van der Waals surface area (Å²) >= 11 is 13.5. The van der Waals surface area contributed by atoms with Crippen molar-refractivity contribution in [3.63, 3.8) is 0 Å². The molecule has 1 fully saturated rings. The van der Waals surface area contributed by atoms with Gasteiger partial charge in [0.25, 0.3) is 5.91 Å². The second-order valence-corrected chi connectivity index (χ2v) is 7.24. The molecule has 0 saturated heterocycles. The minimum Gasteiger partial charge on any atom is -0.479 e. The summed E-state index contributed by atoms with van der Waals surface area (Å²) in [6.45, 7) is 2.08. The molecule has 1 atom stereocenters. The van der Waals surface area contributed by atoms with E-state index in [4.69, 9.17) is 27.9 Å². The van der Waals surface area contributed by atoms with Crippen LogP contribution < -0.4 is 10.1 Å². The van der Waals surface area contributed by atoms with Crippen molar-refractivity contribution in [3.05, 3.63) is 44.3 Å². The van der Waals surface area contributed by atoms with Crippen molar-refractivity contribution in [1.29, 1.82) is 0 Å². The Balaban J connectivity index is 1.52. The van der Waals surface area contributed by atoms with Gasteiger partial charge in [0, 0.05) is 16.3 Å². The molecule has 1 heterocycles. The summed E-state index contributed by atoms with van der Waals surface area (Å²) in [6.07, 6.45) is 1.80. The molecule has 0 radical (unpaired) electrons. The molecule has 1 aromatic carbocycles. The number of benzene rings is 1. The van der Waals surface area contributed by atoms with Crippen molar-refractivity contribution >= 4 is 40.4 Å². The van der Waals surface area contributed by atoms with Crippen LogP contribution in [0, 0.1) is 0 Å². The summed E-state index contributed by atoms with van der Waals surface area (Å²) in [6, 6.07) is 4.90. The first kappa shape index (κ1) is 16.6. The van der Waals surface area contributed by atoms with Gasteiger partial charge in [-0.25, -0.2) is 4.98 Å². The highest BCUT2D eigenvalue weighted by atomic mass is 35.5. The third-order valence-corrected chi connectivity index (χ3v) is 5.09. The Hall–Kier alpha value is -1.30. The van der Waals surface area contributed by atoms with Crippen molar-refractivity contribution in [3.8, 4) is 5.75 Å².